The maximum atomic E-state index is 12.1. The molecule has 1 aliphatic heterocycles. The third kappa shape index (κ3) is 2.93. The lowest BCUT2D eigenvalue weighted by molar-refractivity contribution is -0.121. The van der Waals surface area contributed by atoms with Crippen molar-refractivity contribution in [1.82, 2.24) is 10.6 Å². The van der Waals surface area contributed by atoms with Crippen LogP contribution in [0, 0.1) is 11.8 Å². The molecule has 2 amide bonds. The zero-order valence-electron chi connectivity index (χ0n) is 11.2. The van der Waals surface area contributed by atoms with E-state index in [-0.39, 0.29) is 17.7 Å². The van der Waals surface area contributed by atoms with Crippen LogP contribution in [-0.2, 0) is 4.79 Å². The first-order valence-corrected chi connectivity index (χ1v) is 6.46. The minimum absolute atomic E-state index is 0.0390. The van der Waals surface area contributed by atoms with Crippen LogP contribution in [0.3, 0.4) is 0 Å². The summed E-state index contributed by atoms with van der Waals surface area (Å²) in [6.07, 6.45) is 0. The number of carbonyl (C=O) groups is 2. The van der Waals surface area contributed by atoms with Crippen molar-refractivity contribution in [3.63, 3.8) is 0 Å². The van der Waals surface area contributed by atoms with Gasteiger partial charge in [0.15, 0.2) is 0 Å². The van der Waals surface area contributed by atoms with Crippen molar-refractivity contribution in [2.45, 2.75) is 6.92 Å². The fraction of sp³-hybridized carbons (Fsp3) is 0.429. The number of benzene rings is 1. The third-order valence-corrected chi connectivity index (χ3v) is 3.59. The van der Waals surface area contributed by atoms with Crippen molar-refractivity contribution in [2.75, 3.05) is 25.5 Å². The average molecular weight is 261 g/mol. The van der Waals surface area contributed by atoms with Gasteiger partial charge in [-0.05, 0) is 31.1 Å². The molecule has 0 aliphatic carbocycles. The second kappa shape index (κ2) is 5.84. The molecule has 0 aromatic heterocycles. The quantitative estimate of drug-likeness (QED) is 0.752. The monoisotopic (exact) mass is 261 g/mol. The first kappa shape index (κ1) is 13.5. The zero-order chi connectivity index (χ0) is 13.8. The molecule has 1 aromatic carbocycles. The average Bonchev–Trinajstić information content (AvgIpc) is 2.36. The van der Waals surface area contributed by atoms with Gasteiger partial charge in [-0.15, -0.1) is 0 Å². The standard InChI is InChI=1S/C14H19N3O2/c1-9(10-7-16-8-10)13(18)17-12-6-4-3-5-11(12)14(19)15-2/h3-6,9-10,16H,7-8H2,1-2H3,(H,15,19)(H,17,18). The van der Waals surface area contributed by atoms with Crippen molar-refractivity contribution in [3.05, 3.63) is 29.8 Å². The van der Waals surface area contributed by atoms with E-state index in [0.29, 0.717) is 17.2 Å². The van der Waals surface area contributed by atoms with Gasteiger partial charge in [-0.1, -0.05) is 19.1 Å². The molecular formula is C14H19N3O2. The molecule has 1 unspecified atom stereocenters. The number of nitrogens with one attached hydrogen (secondary N) is 3. The predicted molar refractivity (Wildman–Crippen MR) is 74.0 cm³/mol. The number of amides is 2. The van der Waals surface area contributed by atoms with E-state index in [9.17, 15) is 9.59 Å². The number of hydrogen-bond acceptors (Lipinski definition) is 3. The molecule has 1 atom stereocenters. The predicted octanol–water partition coefficient (Wildman–Crippen LogP) is 0.840. The van der Waals surface area contributed by atoms with E-state index in [0.717, 1.165) is 13.1 Å². The normalized spacial score (nSPS) is 16.3. The Balaban J connectivity index is 2.09. The minimum atomic E-state index is -0.200. The van der Waals surface area contributed by atoms with Gasteiger partial charge < -0.3 is 16.0 Å². The molecule has 1 aromatic rings. The Bertz CT molecular complexity index is 483. The summed E-state index contributed by atoms with van der Waals surface area (Å²) in [7, 11) is 1.57. The van der Waals surface area contributed by atoms with Crippen LogP contribution in [0.5, 0.6) is 0 Å². The molecule has 5 heteroatoms. The van der Waals surface area contributed by atoms with Crippen LogP contribution in [0.2, 0.25) is 0 Å². The smallest absolute Gasteiger partial charge is 0.253 e. The minimum Gasteiger partial charge on any atom is -0.355 e. The summed E-state index contributed by atoms with van der Waals surface area (Å²) in [5, 5.41) is 8.57. The van der Waals surface area contributed by atoms with Gasteiger partial charge in [-0.25, -0.2) is 0 Å². The van der Waals surface area contributed by atoms with Crippen LogP contribution < -0.4 is 16.0 Å². The van der Waals surface area contributed by atoms with Crippen molar-refractivity contribution in [1.29, 1.82) is 0 Å². The second-order valence-corrected chi connectivity index (χ2v) is 4.82. The van der Waals surface area contributed by atoms with Crippen LogP contribution in [0.25, 0.3) is 0 Å². The van der Waals surface area contributed by atoms with Crippen LogP contribution in [-0.4, -0.2) is 32.0 Å². The highest BCUT2D eigenvalue weighted by atomic mass is 16.2. The number of para-hydroxylation sites is 1. The number of anilines is 1. The van der Waals surface area contributed by atoms with E-state index in [2.05, 4.69) is 16.0 Å². The summed E-state index contributed by atoms with van der Waals surface area (Å²) >= 11 is 0. The van der Waals surface area contributed by atoms with Gasteiger partial charge in [0.05, 0.1) is 11.3 Å². The first-order valence-electron chi connectivity index (χ1n) is 6.46. The molecule has 3 N–H and O–H groups in total. The van der Waals surface area contributed by atoms with Gasteiger partial charge in [0, 0.05) is 13.0 Å². The molecule has 1 saturated heterocycles. The van der Waals surface area contributed by atoms with Gasteiger partial charge in [0.1, 0.15) is 0 Å². The highest BCUT2D eigenvalue weighted by molar-refractivity contribution is 6.04. The summed E-state index contributed by atoms with van der Waals surface area (Å²) in [5.74, 6) is 0.0860. The van der Waals surface area contributed by atoms with Crippen molar-refractivity contribution < 1.29 is 9.59 Å². The van der Waals surface area contributed by atoms with Gasteiger partial charge in [0.25, 0.3) is 5.91 Å². The molecule has 1 fully saturated rings. The van der Waals surface area contributed by atoms with Gasteiger partial charge in [0.2, 0.25) is 5.91 Å². The Morgan fingerprint density at radius 2 is 2.00 bits per heavy atom. The Hall–Kier alpha value is -1.88. The van der Waals surface area contributed by atoms with Crippen molar-refractivity contribution in [2.24, 2.45) is 11.8 Å². The van der Waals surface area contributed by atoms with Crippen LogP contribution in [0.1, 0.15) is 17.3 Å². The SMILES string of the molecule is CNC(=O)c1ccccc1NC(=O)C(C)C1CNC1. The van der Waals surface area contributed by atoms with Crippen molar-refractivity contribution in [3.8, 4) is 0 Å². The summed E-state index contributed by atoms with van der Waals surface area (Å²) in [6, 6.07) is 7.02. The van der Waals surface area contributed by atoms with Gasteiger partial charge in [-0.2, -0.15) is 0 Å². The molecule has 102 valence electrons. The lowest BCUT2D eigenvalue weighted by atomic mass is 9.88. The van der Waals surface area contributed by atoms with E-state index in [1.54, 1.807) is 31.3 Å². The van der Waals surface area contributed by atoms with Crippen LogP contribution >= 0.6 is 0 Å². The molecule has 0 bridgehead atoms. The summed E-state index contributed by atoms with van der Waals surface area (Å²) in [5.41, 5.74) is 1.04. The molecule has 5 nitrogen and oxygen atoms in total. The number of carbonyl (C=O) groups excluding carboxylic acids is 2. The lowest BCUT2D eigenvalue weighted by Crippen LogP contribution is -2.48. The Morgan fingerprint density at radius 3 is 2.58 bits per heavy atom. The summed E-state index contributed by atoms with van der Waals surface area (Å²) in [6.45, 7) is 3.68. The fourth-order valence-corrected chi connectivity index (χ4v) is 2.05. The fourth-order valence-electron chi connectivity index (χ4n) is 2.05. The first-order chi connectivity index (χ1) is 9.13. The lowest BCUT2D eigenvalue weighted by Gasteiger charge is -2.31. The Kier molecular flexibility index (Phi) is 4.16. The largest absolute Gasteiger partial charge is 0.355 e. The van der Waals surface area contributed by atoms with E-state index in [1.165, 1.54) is 0 Å². The number of rotatable bonds is 4. The molecule has 19 heavy (non-hydrogen) atoms. The highest BCUT2D eigenvalue weighted by Crippen LogP contribution is 2.20. The van der Waals surface area contributed by atoms with Gasteiger partial charge >= 0.3 is 0 Å². The van der Waals surface area contributed by atoms with Crippen molar-refractivity contribution >= 4 is 17.5 Å². The molecule has 0 radical (unpaired) electrons. The Labute approximate surface area is 112 Å². The van der Waals surface area contributed by atoms with E-state index in [4.69, 9.17) is 0 Å². The topological polar surface area (TPSA) is 70.2 Å². The molecule has 0 saturated carbocycles. The van der Waals surface area contributed by atoms with E-state index >= 15 is 0 Å². The molecule has 1 aliphatic rings. The van der Waals surface area contributed by atoms with E-state index in [1.807, 2.05) is 6.92 Å². The second-order valence-electron chi connectivity index (χ2n) is 4.82. The summed E-state index contributed by atoms with van der Waals surface area (Å²) < 4.78 is 0. The third-order valence-electron chi connectivity index (χ3n) is 3.59. The van der Waals surface area contributed by atoms with Crippen LogP contribution in [0.4, 0.5) is 5.69 Å². The summed E-state index contributed by atoms with van der Waals surface area (Å²) in [4.78, 5) is 23.9. The molecule has 1 heterocycles. The van der Waals surface area contributed by atoms with E-state index < -0.39 is 0 Å². The van der Waals surface area contributed by atoms with Crippen LogP contribution in [0.15, 0.2) is 24.3 Å². The molecule has 2 rings (SSSR count). The zero-order valence-corrected chi connectivity index (χ0v) is 11.2. The van der Waals surface area contributed by atoms with Gasteiger partial charge in [-0.3, -0.25) is 9.59 Å². The molecule has 0 spiro atoms. The Morgan fingerprint density at radius 1 is 1.32 bits per heavy atom. The maximum absolute atomic E-state index is 12.1. The number of hydrogen-bond donors (Lipinski definition) is 3. The highest BCUT2D eigenvalue weighted by Gasteiger charge is 2.29. The maximum Gasteiger partial charge on any atom is 0.253 e. The molecular weight excluding hydrogens is 242 g/mol.